The topological polar surface area (TPSA) is 79.5 Å². The van der Waals surface area contributed by atoms with Crippen LogP contribution in [0.5, 0.6) is 5.75 Å². The predicted molar refractivity (Wildman–Crippen MR) is 100 cm³/mol. The smallest absolute Gasteiger partial charge is 0.340 e. The van der Waals surface area contributed by atoms with E-state index in [1.54, 1.807) is 44.2 Å². The van der Waals surface area contributed by atoms with Gasteiger partial charge in [0.2, 0.25) is 5.91 Å². The number of carbonyl (C=O) groups is 1. The van der Waals surface area contributed by atoms with Crippen molar-refractivity contribution in [1.82, 2.24) is 5.32 Å². The first-order chi connectivity index (χ1) is 12.9. The Kier molecular flexibility index (Phi) is 5.26. The van der Waals surface area contributed by atoms with Gasteiger partial charge in [0.15, 0.2) is 0 Å². The van der Waals surface area contributed by atoms with Crippen molar-refractivity contribution in [2.24, 2.45) is 0 Å². The molecule has 5 nitrogen and oxygen atoms in total. The molecule has 3 rings (SSSR count). The number of aryl methyl sites for hydroxylation is 2. The summed E-state index contributed by atoms with van der Waals surface area (Å²) < 4.78 is 18.9. The van der Waals surface area contributed by atoms with Crippen molar-refractivity contribution in [3.05, 3.63) is 74.9 Å². The van der Waals surface area contributed by atoms with Crippen molar-refractivity contribution in [3.8, 4) is 5.75 Å². The van der Waals surface area contributed by atoms with E-state index in [0.29, 0.717) is 28.5 Å². The first-order valence-corrected chi connectivity index (χ1v) is 8.63. The molecule has 27 heavy (non-hydrogen) atoms. The lowest BCUT2D eigenvalue weighted by atomic mass is 10.0. The van der Waals surface area contributed by atoms with Gasteiger partial charge in [0, 0.05) is 6.54 Å². The second-order valence-electron chi connectivity index (χ2n) is 6.52. The van der Waals surface area contributed by atoms with Crippen LogP contribution in [-0.2, 0) is 17.6 Å². The molecule has 0 bridgehead atoms. The molecule has 0 aliphatic carbocycles. The molecule has 0 aliphatic rings. The number of nitrogens with one attached hydrogen (secondary N) is 1. The first kappa shape index (κ1) is 18.6. The Morgan fingerprint density at radius 3 is 2.70 bits per heavy atom. The SMILES string of the molecule is Cc1cc(O)c2c(C)c(CC(=O)NCCc3ccccc3F)c(=O)oc2c1. The lowest BCUT2D eigenvalue weighted by Crippen LogP contribution is -2.29. The molecular weight excluding hydrogens is 349 g/mol. The highest BCUT2D eigenvalue weighted by molar-refractivity contribution is 5.89. The number of rotatable bonds is 5. The summed E-state index contributed by atoms with van der Waals surface area (Å²) in [5.41, 5.74) is 1.68. The van der Waals surface area contributed by atoms with Gasteiger partial charge in [-0.25, -0.2) is 9.18 Å². The van der Waals surface area contributed by atoms with Crippen molar-refractivity contribution >= 4 is 16.9 Å². The fourth-order valence-electron chi connectivity index (χ4n) is 3.12. The van der Waals surface area contributed by atoms with Crippen LogP contribution < -0.4 is 10.9 Å². The molecular formula is C21H20FNO4. The van der Waals surface area contributed by atoms with Gasteiger partial charge in [-0.3, -0.25) is 4.79 Å². The molecule has 0 atom stereocenters. The molecule has 0 fully saturated rings. The summed E-state index contributed by atoms with van der Waals surface area (Å²) in [5, 5.41) is 13.3. The van der Waals surface area contributed by atoms with E-state index in [1.807, 2.05) is 0 Å². The molecule has 1 amide bonds. The quantitative estimate of drug-likeness (QED) is 0.677. The van der Waals surface area contributed by atoms with Crippen LogP contribution in [0, 0.1) is 19.7 Å². The fraction of sp³-hybridized carbons (Fsp3) is 0.238. The molecule has 0 radical (unpaired) electrons. The maximum Gasteiger partial charge on any atom is 0.340 e. The maximum atomic E-state index is 13.6. The standard InChI is InChI=1S/C21H20FNO4/c1-12-9-17(24)20-13(2)15(21(26)27-18(20)10-12)11-19(25)23-8-7-14-5-3-4-6-16(14)22/h3-6,9-10,24H,7-8,11H2,1-2H3,(H,23,25). The van der Waals surface area contributed by atoms with E-state index in [1.165, 1.54) is 6.07 Å². The van der Waals surface area contributed by atoms with Gasteiger partial charge >= 0.3 is 5.63 Å². The number of benzene rings is 2. The van der Waals surface area contributed by atoms with E-state index >= 15 is 0 Å². The third-order valence-corrected chi connectivity index (χ3v) is 4.51. The molecule has 0 unspecified atom stereocenters. The van der Waals surface area contributed by atoms with Crippen LogP contribution in [0.15, 0.2) is 45.6 Å². The summed E-state index contributed by atoms with van der Waals surface area (Å²) >= 11 is 0. The number of halogens is 1. The highest BCUT2D eigenvalue weighted by atomic mass is 19.1. The van der Waals surface area contributed by atoms with Crippen molar-refractivity contribution in [3.63, 3.8) is 0 Å². The minimum absolute atomic E-state index is 0.00691. The number of phenols is 1. The Balaban J connectivity index is 1.75. The van der Waals surface area contributed by atoms with Crippen LogP contribution in [0.1, 0.15) is 22.3 Å². The van der Waals surface area contributed by atoms with Gasteiger partial charge in [0.25, 0.3) is 0 Å². The summed E-state index contributed by atoms with van der Waals surface area (Å²) in [7, 11) is 0. The molecule has 2 N–H and O–H groups in total. The van der Waals surface area contributed by atoms with Gasteiger partial charge in [-0.05, 0) is 55.2 Å². The Morgan fingerprint density at radius 1 is 1.22 bits per heavy atom. The largest absolute Gasteiger partial charge is 0.507 e. The summed E-state index contributed by atoms with van der Waals surface area (Å²) in [6.45, 7) is 3.71. The molecule has 1 heterocycles. The number of fused-ring (bicyclic) bond motifs is 1. The summed E-state index contributed by atoms with van der Waals surface area (Å²) in [4.78, 5) is 24.5. The molecule has 140 valence electrons. The number of amides is 1. The van der Waals surface area contributed by atoms with Gasteiger partial charge < -0.3 is 14.8 Å². The molecule has 6 heteroatoms. The number of hydrogen-bond donors (Lipinski definition) is 2. The number of carbonyl (C=O) groups excluding carboxylic acids is 1. The zero-order chi connectivity index (χ0) is 19.6. The maximum absolute atomic E-state index is 13.6. The minimum Gasteiger partial charge on any atom is -0.507 e. The zero-order valence-electron chi connectivity index (χ0n) is 15.1. The zero-order valence-corrected chi connectivity index (χ0v) is 15.1. The number of aromatic hydroxyl groups is 1. The lowest BCUT2D eigenvalue weighted by molar-refractivity contribution is -0.120. The fourth-order valence-corrected chi connectivity index (χ4v) is 3.12. The summed E-state index contributed by atoms with van der Waals surface area (Å²) in [5.74, 6) is -0.677. The highest BCUT2D eigenvalue weighted by Crippen LogP contribution is 2.29. The highest BCUT2D eigenvalue weighted by Gasteiger charge is 2.17. The predicted octanol–water partition coefficient (Wildman–Crippen LogP) is 3.16. The Hall–Kier alpha value is -3.15. The second-order valence-corrected chi connectivity index (χ2v) is 6.52. The van der Waals surface area contributed by atoms with Crippen LogP contribution >= 0.6 is 0 Å². The van der Waals surface area contributed by atoms with Crippen LogP contribution in [0.4, 0.5) is 4.39 Å². The van der Waals surface area contributed by atoms with E-state index in [0.717, 1.165) is 5.56 Å². The van der Waals surface area contributed by atoms with Crippen molar-refractivity contribution < 1.29 is 18.7 Å². The first-order valence-electron chi connectivity index (χ1n) is 8.63. The second kappa shape index (κ2) is 7.61. The van der Waals surface area contributed by atoms with E-state index in [-0.39, 0.29) is 36.0 Å². The average molecular weight is 369 g/mol. The summed E-state index contributed by atoms with van der Waals surface area (Å²) in [6, 6.07) is 9.62. The minimum atomic E-state index is -0.603. The third kappa shape index (κ3) is 4.00. The molecule has 0 saturated heterocycles. The Morgan fingerprint density at radius 2 is 1.96 bits per heavy atom. The van der Waals surface area contributed by atoms with E-state index in [2.05, 4.69) is 5.32 Å². The molecule has 3 aromatic rings. The third-order valence-electron chi connectivity index (χ3n) is 4.51. The summed E-state index contributed by atoms with van der Waals surface area (Å²) in [6.07, 6.45) is 0.179. The molecule has 0 spiro atoms. The van der Waals surface area contributed by atoms with Gasteiger partial charge in [-0.1, -0.05) is 18.2 Å². The molecule has 0 saturated carbocycles. The van der Waals surface area contributed by atoms with E-state index in [4.69, 9.17) is 4.42 Å². The van der Waals surface area contributed by atoms with Crippen LogP contribution in [-0.4, -0.2) is 17.6 Å². The normalized spacial score (nSPS) is 10.9. The van der Waals surface area contributed by atoms with Crippen molar-refractivity contribution in [2.45, 2.75) is 26.7 Å². The Bertz CT molecular complexity index is 1070. The monoisotopic (exact) mass is 369 g/mol. The van der Waals surface area contributed by atoms with Gasteiger partial charge in [0.05, 0.1) is 17.4 Å². The average Bonchev–Trinajstić information content (AvgIpc) is 2.59. The van der Waals surface area contributed by atoms with Gasteiger partial charge in [-0.15, -0.1) is 0 Å². The molecule has 0 aliphatic heterocycles. The van der Waals surface area contributed by atoms with E-state index in [9.17, 15) is 19.1 Å². The van der Waals surface area contributed by atoms with Gasteiger partial charge in [-0.2, -0.15) is 0 Å². The molecule has 1 aromatic heterocycles. The van der Waals surface area contributed by atoms with Crippen molar-refractivity contribution in [2.75, 3.05) is 6.54 Å². The van der Waals surface area contributed by atoms with Crippen LogP contribution in [0.25, 0.3) is 11.0 Å². The van der Waals surface area contributed by atoms with Crippen LogP contribution in [0.2, 0.25) is 0 Å². The van der Waals surface area contributed by atoms with Crippen molar-refractivity contribution in [1.29, 1.82) is 0 Å². The Labute approximate surface area is 155 Å². The molecule has 2 aromatic carbocycles. The lowest BCUT2D eigenvalue weighted by Gasteiger charge is -2.10. The number of hydrogen-bond acceptors (Lipinski definition) is 4. The van der Waals surface area contributed by atoms with E-state index < -0.39 is 5.63 Å². The van der Waals surface area contributed by atoms with Crippen LogP contribution in [0.3, 0.4) is 0 Å². The number of phenolic OH excluding ortho intramolecular Hbond substituents is 1. The van der Waals surface area contributed by atoms with Gasteiger partial charge in [0.1, 0.15) is 17.1 Å².